The summed E-state index contributed by atoms with van der Waals surface area (Å²) in [6, 6.07) is 13.7. The van der Waals surface area contributed by atoms with Crippen LogP contribution in [0.15, 0.2) is 36.4 Å². The highest BCUT2D eigenvalue weighted by Crippen LogP contribution is 2.34. The Balaban J connectivity index is 2.69. The summed E-state index contributed by atoms with van der Waals surface area (Å²) in [6.07, 6.45) is 0. The molecule has 106 valence electrons. The van der Waals surface area contributed by atoms with Crippen molar-refractivity contribution in [2.24, 2.45) is 0 Å². The molecule has 0 saturated carbocycles. The number of rotatable bonds is 3. The average molecular weight is 266 g/mol. The van der Waals surface area contributed by atoms with Crippen LogP contribution in [0.3, 0.4) is 0 Å². The Morgan fingerprint density at radius 1 is 0.700 bits per heavy atom. The third-order valence-corrected chi connectivity index (χ3v) is 4.05. The number of aryl methyl sites for hydroxylation is 2. The van der Waals surface area contributed by atoms with Crippen LogP contribution >= 0.6 is 0 Å². The normalized spacial score (nSPS) is 11.4. The molecule has 0 bridgehead atoms. The highest BCUT2D eigenvalue weighted by Gasteiger charge is 2.13. The van der Waals surface area contributed by atoms with E-state index in [4.69, 9.17) is 0 Å². The molecule has 0 amide bonds. The first-order chi connectivity index (χ1) is 9.40. The monoisotopic (exact) mass is 266 g/mol. The van der Waals surface area contributed by atoms with Crippen LogP contribution in [0, 0.1) is 13.8 Å². The van der Waals surface area contributed by atoms with Crippen molar-refractivity contribution >= 4 is 0 Å². The van der Waals surface area contributed by atoms with E-state index in [1.54, 1.807) is 0 Å². The van der Waals surface area contributed by atoms with Gasteiger partial charge in [-0.1, -0.05) is 69.7 Å². The molecule has 0 radical (unpaired) electrons. The van der Waals surface area contributed by atoms with Crippen LogP contribution in [0.4, 0.5) is 0 Å². The molecule has 0 nitrogen and oxygen atoms in total. The minimum atomic E-state index is 0.547. The molecule has 0 saturated heterocycles. The van der Waals surface area contributed by atoms with Gasteiger partial charge in [-0.05, 0) is 53.5 Å². The Hall–Kier alpha value is -1.56. The van der Waals surface area contributed by atoms with Crippen molar-refractivity contribution in [2.45, 2.75) is 53.4 Å². The predicted octanol–water partition coefficient (Wildman–Crippen LogP) is 6.22. The molecule has 2 aromatic rings. The third kappa shape index (κ3) is 2.95. The minimum Gasteiger partial charge on any atom is -0.0590 e. The maximum atomic E-state index is 2.39. The van der Waals surface area contributed by atoms with Crippen molar-refractivity contribution in [3.05, 3.63) is 58.7 Å². The fourth-order valence-electron chi connectivity index (χ4n) is 2.70. The van der Waals surface area contributed by atoms with Crippen LogP contribution in [0.5, 0.6) is 0 Å². The van der Waals surface area contributed by atoms with Crippen molar-refractivity contribution in [1.29, 1.82) is 0 Å². The quantitative estimate of drug-likeness (QED) is 0.619. The molecule has 0 heterocycles. The van der Waals surface area contributed by atoms with E-state index >= 15 is 0 Å². The van der Waals surface area contributed by atoms with E-state index in [1.165, 1.54) is 33.4 Å². The Labute approximate surface area is 123 Å². The zero-order valence-electron chi connectivity index (χ0n) is 13.6. The van der Waals surface area contributed by atoms with Gasteiger partial charge in [0.1, 0.15) is 0 Å². The van der Waals surface area contributed by atoms with E-state index in [2.05, 4.69) is 77.9 Å². The Kier molecular flexibility index (Phi) is 4.32. The van der Waals surface area contributed by atoms with E-state index in [1.807, 2.05) is 0 Å². The second-order valence-electron chi connectivity index (χ2n) is 6.47. The Bertz CT molecular complexity index is 603. The second kappa shape index (κ2) is 5.83. The van der Waals surface area contributed by atoms with Crippen LogP contribution in [-0.2, 0) is 0 Å². The lowest BCUT2D eigenvalue weighted by atomic mass is 9.87. The van der Waals surface area contributed by atoms with Crippen LogP contribution in [-0.4, -0.2) is 0 Å². The molecule has 0 spiro atoms. The molecule has 0 fully saturated rings. The predicted molar refractivity (Wildman–Crippen MR) is 89.5 cm³/mol. The van der Waals surface area contributed by atoms with Crippen LogP contribution < -0.4 is 0 Å². The van der Waals surface area contributed by atoms with Gasteiger partial charge in [-0.3, -0.25) is 0 Å². The van der Waals surface area contributed by atoms with Crippen molar-refractivity contribution in [2.75, 3.05) is 0 Å². The summed E-state index contributed by atoms with van der Waals surface area (Å²) in [4.78, 5) is 0. The molecule has 2 rings (SSSR count). The van der Waals surface area contributed by atoms with Gasteiger partial charge in [0.25, 0.3) is 0 Å². The van der Waals surface area contributed by atoms with Gasteiger partial charge in [-0.2, -0.15) is 0 Å². The molecule has 0 N–H and O–H groups in total. The third-order valence-electron chi connectivity index (χ3n) is 4.05. The highest BCUT2D eigenvalue weighted by molar-refractivity contribution is 5.72. The van der Waals surface area contributed by atoms with Gasteiger partial charge in [-0.25, -0.2) is 0 Å². The average Bonchev–Trinajstić information content (AvgIpc) is 2.40. The summed E-state index contributed by atoms with van der Waals surface area (Å²) in [6.45, 7) is 13.5. The molecular weight excluding hydrogens is 240 g/mol. The number of hydrogen-bond acceptors (Lipinski definition) is 0. The molecule has 0 heteroatoms. The first kappa shape index (κ1) is 14.8. The fourth-order valence-corrected chi connectivity index (χ4v) is 2.70. The zero-order chi connectivity index (χ0) is 14.9. The minimum absolute atomic E-state index is 0.547. The van der Waals surface area contributed by atoms with E-state index in [-0.39, 0.29) is 0 Å². The van der Waals surface area contributed by atoms with Crippen molar-refractivity contribution in [1.82, 2.24) is 0 Å². The van der Waals surface area contributed by atoms with Gasteiger partial charge >= 0.3 is 0 Å². The van der Waals surface area contributed by atoms with Crippen molar-refractivity contribution in [3.63, 3.8) is 0 Å². The standard InChI is InChI=1S/C20H26/c1-13(2)17-9-10-18(14(3)4)20(12-17)19-11-15(5)7-8-16(19)6/h7-14H,1-6H3. The molecule has 0 aromatic heterocycles. The maximum absolute atomic E-state index is 2.39. The highest BCUT2D eigenvalue weighted by atomic mass is 14.2. The lowest BCUT2D eigenvalue weighted by Gasteiger charge is -2.18. The first-order valence-electron chi connectivity index (χ1n) is 7.61. The summed E-state index contributed by atoms with van der Waals surface area (Å²) in [5.41, 5.74) is 8.35. The summed E-state index contributed by atoms with van der Waals surface area (Å²) < 4.78 is 0. The molecule has 2 aromatic carbocycles. The first-order valence-corrected chi connectivity index (χ1v) is 7.61. The lowest BCUT2D eigenvalue weighted by molar-refractivity contribution is 0.846. The van der Waals surface area contributed by atoms with E-state index < -0.39 is 0 Å². The topological polar surface area (TPSA) is 0 Å². The van der Waals surface area contributed by atoms with Gasteiger partial charge in [0.2, 0.25) is 0 Å². The Morgan fingerprint density at radius 2 is 1.40 bits per heavy atom. The van der Waals surface area contributed by atoms with Gasteiger partial charge in [0.05, 0.1) is 0 Å². The number of benzene rings is 2. The van der Waals surface area contributed by atoms with Gasteiger partial charge in [0.15, 0.2) is 0 Å². The lowest BCUT2D eigenvalue weighted by Crippen LogP contribution is -1.97. The summed E-state index contributed by atoms with van der Waals surface area (Å²) in [7, 11) is 0. The summed E-state index contributed by atoms with van der Waals surface area (Å²) >= 11 is 0. The smallest absolute Gasteiger partial charge is 0.0144 e. The van der Waals surface area contributed by atoms with Crippen LogP contribution in [0.2, 0.25) is 0 Å². The van der Waals surface area contributed by atoms with Gasteiger partial charge in [0, 0.05) is 0 Å². The fraction of sp³-hybridized carbons (Fsp3) is 0.400. The van der Waals surface area contributed by atoms with Crippen LogP contribution in [0.1, 0.15) is 61.8 Å². The molecule has 0 aliphatic rings. The molecular formula is C20H26. The molecule has 0 atom stereocenters. The van der Waals surface area contributed by atoms with Crippen molar-refractivity contribution < 1.29 is 0 Å². The summed E-state index contributed by atoms with van der Waals surface area (Å²) in [5, 5.41) is 0. The van der Waals surface area contributed by atoms with Gasteiger partial charge < -0.3 is 0 Å². The SMILES string of the molecule is Cc1ccc(C)c(-c2cc(C(C)C)ccc2C(C)C)c1. The zero-order valence-corrected chi connectivity index (χ0v) is 13.6. The van der Waals surface area contributed by atoms with Gasteiger partial charge in [-0.15, -0.1) is 0 Å². The number of hydrogen-bond donors (Lipinski definition) is 0. The van der Waals surface area contributed by atoms with E-state index in [0.717, 1.165) is 0 Å². The molecule has 0 aliphatic carbocycles. The molecule has 0 aliphatic heterocycles. The summed E-state index contributed by atoms with van der Waals surface area (Å²) in [5.74, 6) is 1.12. The molecule has 0 unspecified atom stereocenters. The van der Waals surface area contributed by atoms with Crippen molar-refractivity contribution in [3.8, 4) is 11.1 Å². The Morgan fingerprint density at radius 3 is 2.00 bits per heavy atom. The molecule has 20 heavy (non-hydrogen) atoms. The maximum Gasteiger partial charge on any atom is -0.0144 e. The largest absolute Gasteiger partial charge is 0.0590 e. The van der Waals surface area contributed by atoms with E-state index in [0.29, 0.717) is 11.8 Å². The second-order valence-corrected chi connectivity index (χ2v) is 6.47. The van der Waals surface area contributed by atoms with Crippen LogP contribution in [0.25, 0.3) is 11.1 Å². The van der Waals surface area contributed by atoms with E-state index in [9.17, 15) is 0 Å².